The maximum Gasteiger partial charge on any atom is 0.201 e. The molecule has 6 heteroatoms. The molecule has 2 aliphatic carbocycles. The number of hydrogen-bond acceptors (Lipinski definition) is 5. The molecule has 0 aliphatic heterocycles. The molecule has 0 bridgehead atoms. The van der Waals surface area contributed by atoms with E-state index in [0.29, 0.717) is 11.1 Å². The van der Waals surface area contributed by atoms with Crippen LogP contribution in [-0.4, -0.2) is 42.1 Å². The zero-order valence-electron chi connectivity index (χ0n) is 29.8. The largest absolute Gasteiger partial charge is 0.871 e. The Morgan fingerprint density at radius 3 is 1.77 bits per heavy atom. The molecule has 0 saturated heterocycles. The summed E-state index contributed by atoms with van der Waals surface area (Å²) in [4.78, 5) is 28.4. The van der Waals surface area contributed by atoms with E-state index in [2.05, 4.69) is 37.3 Å². The summed E-state index contributed by atoms with van der Waals surface area (Å²) in [5.41, 5.74) is 2.81. The van der Waals surface area contributed by atoms with Crippen molar-refractivity contribution in [2.24, 2.45) is 0 Å². The second-order valence-corrected chi connectivity index (χ2v) is 13.4. The lowest BCUT2D eigenvalue weighted by atomic mass is 9.87. The molecule has 1 N–H and O–H groups in total. The molecule has 0 saturated carbocycles. The van der Waals surface area contributed by atoms with Gasteiger partial charge in [0.25, 0.3) is 0 Å². The SMILES string of the molecule is CCCCCCCCCCCC[N+](C)=C1C=CC(=c2c(=O)c(=CC3=C(O)C(c4ccc(N(CCCC)CCCC)cc4)=C3[O-])c2=O)C=C1. The van der Waals surface area contributed by atoms with Gasteiger partial charge in [-0.1, -0.05) is 103 Å². The van der Waals surface area contributed by atoms with E-state index in [1.165, 1.54) is 63.9 Å². The Bertz CT molecular complexity index is 1690. The van der Waals surface area contributed by atoms with Crippen LogP contribution in [0.1, 0.15) is 116 Å². The third-order valence-electron chi connectivity index (χ3n) is 9.72. The van der Waals surface area contributed by atoms with Crippen molar-refractivity contribution in [1.29, 1.82) is 0 Å². The molecule has 48 heavy (non-hydrogen) atoms. The van der Waals surface area contributed by atoms with E-state index in [-0.39, 0.29) is 33.1 Å². The van der Waals surface area contributed by atoms with Gasteiger partial charge >= 0.3 is 0 Å². The van der Waals surface area contributed by atoms with E-state index in [0.717, 1.165) is 63.1 Å². The van der Waals surface area contributed by atoms with Gasteiger partial charge in [0, 0.05) is 48.5 Å². The summed E-state index contributed by atoms with van der Waals surface area (Å²) in [5, 5.41) is 23.9. The number of unbranched alkanes of at least 4 members (excludes halogenated alkanes) is 11. The smallest absolute Gasteiger partial charge is 0.201 e. The Morgan fingerprint density at radius 1 is 0.729 bits per heavy atom. The van der Waals surface area contributed by atoms with E-state index in [9.17, 15) is 19.8 Å². The number of benzene rings is 1. The summed E-state index contributed by atoms with van der Waals surface area (Å²) < 4.78 is 2.21. The molecule has 4 rings (SSSR count). The molecule has 2 aliphatic rings. The van der Waals surface area contributed by atoms with Gasteiger partial charge in [0.05, 0.1) is 10.4 Å². The maximum absolute atomic E-state index is 13.1. The quantitative estimate of drug-likeness (QED) is 0.133. The first-order valence-electron chi connectivity index (χ1n) is 18.5. The number of aliphatic hydroxyl groups is 1. The van der Waals surface area contributed by atoms with Gasteiger partial charge in [0.15, 0.2) is 5.71 Å². The lowest BCUT2D eigenvalue weighted by Crippen LogP contribution is -2.65. The predicted molar refractivity (Wildman–Crippen MR) is 200 cm³/mol. The minimum Gasteiger partial charge on any atom is -0.871 e. The minimum atomic E-state index is -0.392. The summed E-state index contributed by atoms with van der Waals surface area (Å²) in [5.74, 6) is -0.525. The van der Waals surface area contributed by atoms with Crippen molar-refractivity contribution >= 4 is 28.6 Å². The summed E-state index contributed by atoms with van der Waals surface area (Å²) >= 11 is 0. The van der Waals surface area contributed by atoms with Crippen LogP contribution in [-0.2, 0) is 0 Å². The van der Waals surface area contributed by atoms with Crippen LogP contribution in [0.15, 0.2) is 75.3 Å². The molecular weight excluding hydrogens is 596 g/mol. The highest BCUT2D eigenvalue weighted by molar-refractivity contribution is 6.05. The number of aliphatic hydroxyl groups excluding tert-OH is 1. The second-order valence-electron chi connectivity index (χ2n) is 13.4. The number of allylic oxidation sites excluding steroid dienone is 6. The number of rotatable bonds is 20. The molecule has 0 amide bonds. The Morgan fingerprint density at radius 2 is 1.25 bits per heavy atom. The number of anilines is 1. The molecule has 0 heterocycles. The van der Waals surface area contributed by atoms with E-state index in [1.54, 1.807) is 0 Å². The lowest BCUT2D eigenvalue weighted by Gasteiger charge is -2.31. The molecule has 2 aromatic carbocycles. The van der Waals surface area contributed by atoms with Crippen LogP contribution in [0.3, 0.4) is 0 Å². The molecule has 258 valence electrons. The van der Waals surface area contributed by atoms with Gasteiger partial charge < -0.3 is 15.1 Å². The van der Waals surface area contributed by atoms with Crippen molar-refractivity contribution in [3.8, 4) is 0 Å². The van der Waals surface area contributed by atoms with E-state index in [4.69, 9.17) is 0 Å². The van der Waals surface area contributed by atoms with Crippen molar-refractivity contribution in [3.05, 3.63) is 102 Å². The summed E-state index contributed by atoms with van der Waals surface area (Å²) in [6.07, 6.45) is 26.3. The highest BCUT2D eigenvalue weighted by Gasteiger charge is 2.24. The summed E-state index contributed by atoms with van der Waals surface area (Å²) in [6.45, 7) is 9.55. The van der Waals surface area contributed by atoms with Gasteiger partial charge in [-0.25, -0.2) is 4.58 Å². The predicted octanol–water partition coefficient (Wildman–Crippen LogP) is 6.35. The van der Waals surface area contributed by atoms with E-state index < -0.39 is 10.9 Å². The van der Waals surface area contributed by atoms with Gasteiger partial charge in [-0.15, -0.1) is 0 Å². The van der Waals surface area contributed by atoms with E-state index in [1.807, 2.05) is 48.6 Å². The van der Waals surface area contributed by atoms with Crippen molar-refractivity contribution in [1.82, 2.24) is 0 Å². The Labute approximate surface area is 287 Å². The van der Waals surface area contributed by atoms with Crippen LogP contribution >= 0.6 is 0 Å². The monoisotopic (exact) mass is 652 g/mol. The molecule has 2 aromatic rings. The topological polar surface area (TPSA) is 83.7 Å². The number of hydrogen-bond donors (Lipinski definition) is 1. The van der Waals surface area contributed by atoms with Crippen molar-refractivity contribution in [2.75, 3.05) is 31.6 Å². The van der Waals surface area contributed by atoms with Gasteiger partial charge in [-0.05, 0) is 60.8 Å². The van der Waals surface area contributed by atoms with Crippen molar-refractivity contribution in [3.63, 3.8) is 0 Å². The second kappa shape index (κ2) is 18.6. The van der Waals surface area contributed by atoms with Gasteiger partial charge in [-0.2, -0.15) is 0 Å². The van der Waals surface area contributed by atoms with E-state index >= 15 is 0 Å². The lowest BCUT2D eigenvalue weighted by molar-refractivity contribution is -0.496. The average Bonchev–Trinajstić information content (AvgIpc) is 3.10. The molecule has 0 unspecified atom stereocenters. The molecule has 0 fully saturated rings. The molecule has 6 nitrogen and oxygen atoms in total. The standard InChI is InChI=1S/C42H56N2O4/c1-5-8-11-12-13-14-15-16-17-18-27-43(4)33-23-19-31(20-24-33)37-39(45)35(40(37)46)30-36-41(47)38(42(36)48)32-21-25-34(26-22-32)44(28-9-6-2)29-10-7-3/h19-26,30H,5-18,27-29H2,1-4H3,(H-,45,46,47,48). The molecule has 0 spiro atoms. The zero-order valence-corrected chi connectivity index (χ0v) is 29.8. The van der Waals surface area contributed by atoms with Gasteiger partial charge in [0.1, 0.15) is 19.4 Å². The van der Waals surface area contributed by atoms with Crippen LogP contribution in [0.2, 0.25) is 0 Å². The highest BCUT2D eigenvalue weighted by atomic mass is 16.3. The molecular formula is C42H56N2O4. The van der Waals surface area contributed by atoms with Crippen LogP contribution in [0.5, 0.6) is 0 Å². The van der Waals surface area contributed by atoms with Crippen LogP contribution in [0.25, 0.3) is 17.2 Å². The maximum atomic E-state index is 13.1. The van der Waals surface area contributed by atoms with Gasteiger partial charge in [-0.3, -0.25) is 9.59 Å². The highest BCUT2D eigenvalue weighted by Crippen LogP contribution is 2.38. The van der Waals surface area contributed by atoms with Crippen LogP contribution in [0, 0.1) is 0 Å². The van der Waals surface area contributed by atoms with Crippen molar-refractivity contribution in [2.45, 2.75) is 111 Å². The normalized spacial score (nSPS) is 14.3. The van der Waals surface area contributed by atoms with Gasteiger partial charge in [0.2, 0.25) is 10.9 Å². The third kappa shape index (κ3) is 9.15. The van der Waals surface area contributed by atoms with Crippen LogP contribution in [0.4, 0.5) is 5.69 Å². The average molecular weight is 653 g/mol. The fraction of sp³-hybridized carbons (Fsp3) is 0.500. The first-order chi connectivity index (χ1) is 23.3. The minimum absolute atomic E-state index is 0.0151. The molecule has 0 radical (unpaired) electrons. The number of nitrogens with zero attached hydrogens (tertiary/aromatic N) is 2. The van der Waals surface area contributed by atoms with Crippen molar-refractivity contribution < 1.29 is 14.8 Å². The first-order valence-corrected chi connectivity index (χ1v) is 18.5. The Kier molecular flexibility index (Phi) is 14.3. The summed E-state index contributed by atoms with van der Waals surface area (Å²) in [7, 11) is 2.07. The fourth-order valence-corrected chi connectivity index (χ4v) is 6.53. The molecule has 0 aromatic heterocycles. The Balaban J connectivity index is 1.36. The molecule has 0 atom stereocenters. The third-order valence-corrected chi connectivity index (χ3v) is 9.72. The fourth-order valence-electron chi connectivity index (χ4n) is 6.53. The van der Waals surface area contributed by atoms with Crippen LogP contribution < -0.4 is 31.3 Å². The summed E-state index contributed by atoms with van der Waals surface area (Å²) in [6, 6.07) is 7.70. The zero-order chi connectivity index (χ0) is 34.5. The Hall–Kier alpha value is -3.93. The first kappa shape index (κ1) is 36.9.